The van der Waals surface area contributed by atoms with E-state index in [1.165, 1.54) is 42.0 Å². The number of morpholine rings is 1. The largest absolute Gasteiger partial charge is 0.493 e. The van der Waals surface area contributed by atoms with Crippen molar-refractivity contribution in [3.63, 3.8) is 0 Å². The van der Waals surface area contributed by atoms with Gasteiger partial charge in [0.2, 0.25) is 10.0 Å². The molecule has 0 saturated carbocycles. The van der Waals surface area contributed by atoms with Gasteiger partial charge in [0, 0.05) is 29.4 Å². The Morgan fingerprint density at radius 1 is 1.16 bits per heavy atom. The Kier molecular flexibility index (Phi) is 5.89. The van der Waals surface area contributed by atoms with Crippen molar-refractivity contribution < 1.29 is 27.4 Å². The smallest absolute Gasteiger partial charge is 0.259 e. The molecule has 0 unspecified atom stereocenters. The van der Waals surface area contributed by atoms with Crippen LogP contribution in [-0.4, -0.2) is 52.5 Å². The third kappa shape index (κ3) is 3.87. The van der Waals surface area contributed by atoms with Crippen molar-refractivity contribution in [1.29, 1.82) is 0 Å². The molecule has 1 fully saturated rings. The van der Waals surface area contributed by atoms with Gasteiger partial charge in [0.15, 0.2) is 11.5 Å². The van der Waals surface area contributed by atoms with E-state index in [2.05, 4.69) is 0 Å². The van der Waals surface area contributed by atoms with Crippen LogP contribution < -0.4 is 15.2 Å². The molecule has 1 aliphatic heterocycles. The highest BCUT2D eigenvalue weighted by atomic mass is 32.2. The number of amides is 1. The highest BCUT2D eigenvalue weighted by molar-refractivity contribution is 7.89. The van der Waals surface area contributed by atoms with Crippen LogP contribution in [0.3, 0.4) is 0 Å². The summed E-state index contributed by atoms with van der Waals surface area (Å²) in [5, 5.41) is 0.844. The van der Waals surface area contributed by atoms with Gasteiger partial charge in [-0.3, -0.25) is 4.79 Å². The van der Waals surface area contributed by atoms with Crippen LogP contribution in [-0.2, 0) is 14.8 Å². The monoisotopic (exact) mass is 462 g/mol. The summed E-state index contributed by atoms with van der Waals surface area (Å²) in [5.41, 5.74) is 6.25. The van der Waals surface area contributed by atoms with Crippen molar-refractivity contribution in [2.24, 2.45) is 5.73 Å². The Hall–Kier alpha value is -2.66. The highest BCUT2D eigenvalue weighted by Gasteiger charge is 2.35. The van der Waals surface area contributed by atoms with E-state index in [-0.39, 0.29) is 24.6 Å². The van der Waals surface area contributed by atoms with Crippen molar-refractivity contribution in [2.45, 2.75) is 11.0 Å². The maximum absolute atomic E-state index is 13.3. The van der Waals surface area contributed by atoms with Crippen LogP contribution in [0.25, 0.3) is 10.1 Å². The molecule has 0 bridgehead atoms. The topological polar surface area (TPSA) is 108 Å². The molecule has 31 heavy (non-hydrogen) atoms. The zero-order valence-electron chi connectivity index (χ0n) is 17.0. The lowest BCUT2D eigenvalue weighted by molar-refractivity contribution is -0.00189. The summed E-state index contributed by atoms with van der Waals surface area (Å²) in [7, 11) is -0.888. The molecule has 2 aromatic carbocycles. The van der Waals surface area contributed by atoms with Crippen LogP contribution >= 0.6 is 11.3 Å². The van der Waals surface area contributed by atoms with Crippen LogP contribution in [0.4, 0.5) is 0 Å². The number of fused-ring (bicyclic) bond motifs is 1. The van der Waals surface area contributed by atoms with Gasteiger partial charge in [0.1, 0.15) is 0 Å². The molecule has 8 nitrogen and oxygen atoms in total. The summed E-state index contributed by atoms with van der Waals surface area (Å²) in [5.74, 6) is 0.213. The summed E-state index contributed by atoms with van der Waals surface area (Å²) in [6.07, 6.45) is -0.609. The molecule has 1 amide bonds. The standard InChI is InChI=1S/C21H22N2O6S2/c1-27-15-8-7-13(11-16(15)28-2)31(25,26)23-9-10-29-17(12-23)19-14-5-3-4-6-18(14)30-20(19)21(22)24/h3-8,11,17H,9-10,12H2,1-2H3,(H2,22,24)/t17-/m0/s1. The Bertz CT molecular complexity index is 1240. The number of sulfonamides is 1. The fraction of sp³-hybridized carbons (Fsp3) is 0.286. The molecular weight excluding hydrogens is 440 g/mol. The third-order valence-electron chi connectivity index (χ3n) is 5.20. The van der Waals surface area contributed by atoms with Crippen LogP contribution in [0.1, 0.15) is 21.3 Å². The van der Waals surface area contributed by atoms with Crippen molar-refractivity contribution in [2.75, 3.05) is 33.9 Å². The molecule has 1 atom stereocenters. The summed E-state index contributed by atoms with van der Waals surface area (Å²) in [4.78, 5) is 12.6. The van der Waals surface area contributed by atoms with Gasteiger partial charge >= 0.3 is 0 Å². The van der Waals surface area contributed by atoms with E-state index in [0.717, 1.165) is 10.1 Å². The van der Waals surface area contributed by atoms with Crippen LogP contribution in [0.5, 0.6) is 11.5 Å². The average Bonchev–Trinajstić information content (AvgIpc) is 3.18. The molecule has 1 saturated heterocycles. The van der Waals surface area contributed by atoms with E-state index >= 15 is 0 Å². The lowest BCUT2D eigenvalue weighted by atomic mass is 10.0. The molecule has 1 aliphatic rings. The number of nitrogens with two attached hydrogens (primary N) is 1. The number of benzene rings is 2. The van der Waals surface area contributed by atoms with Gasteiger partial charge < -0.3 is 19.9 Å². The lowest BCUT2D eigenvalue weighted by Crippen LogP contribution is -2.42. The molecule has 0 aliphatic carbocycles. The molecular formula is C21H22N2O6S2. The van der Waals surface area contributed by atoms with Gasteiger partial charge in [-0.1, -0.05) is 18.2 Å². The second-order valence-electron chi connectivity index (χ2n) is 6.94. The molecule has 2 heterocycles. The summed E-state index contributed by atoms with van der Waals surface area (Å²) >= 11 is 1.29. The number of rotatable bonds is 6. The van der Waals surface area contributed by atoms with Crippen LogP contribution in [0.15, 0.2) is 47.4 Å². The number of thiophene rings is 1. The quantitative estimate of drug-likeness (QED) is 0.604. The zero-order valence-corrected chi connectivity index (χ0v) is 18.7. The van der Waals surface area contributed by atoms with Crippen molar-refractivity contribution in [3.8, 4) is 11.5 Å². The molecule has 1 aromatic heterocycles. The number of hydrogen-bond acceptors (Lipinski definition) is 7. The predicted octanol–water partition coefficient (Wildman–Crippen LogP) is 2.78. The first-order valence-corrected chi connectivity index (χ1v) is 11.8. The van der Waals surface area contributed by atoms with Gasteiger partial charge in [-0.05, 0) is 23.6 Å². The molecule has 4 rings (SSSR count). The Morgan fingerprint density at radius 2 is 1.90 bits per heavy atom. The van der Waals surface area contributed by atoms with E-state index < -0.39 is 22.0 Å². The first-order valence-electron chi connectivity index (χ1n) is 9.51. The third-order valence-corrected chi connectivity index (χ3v) is 8.26. The average molecular weight is 463 g/mol. The van der Waals surface area contributed by atoms with Crippen molar-refractivity contribution in [1.82, 2.24) is 4.31 Å². The van der Waals surface area contributed by atoms with Crippen molar-refractivity contribution >= 4 is 37.4 Å². The fourth-order valence-electron chi connectivity index (χ4n) is 3.71. The number of ether oxygens (including phenoxy) is 3. The number of primary amides is 1. The van der Waals surface area contributed by atoms with E-state index in [1.54, 1.807) is 6.07 Å². The number of hydrogen-bond donors (Lipinski definition) is 1. The number of carbonyl (C=O) groups is 1. The van der Waals surface area contributed by atoms with Gasteiger partial charge in [0.05, 0.1) is 36.7 Å². The minimum atomic E-state index is -3.82. The molecule has 3 aromatic rings. The number of carbonyl (C=O) groups excluding carboxylic acids is 1. The number of methoxy groups -OCH3 is 2. The first kappa shape index (κ1) is 21.6. The summed E-state index contributed by atoms with van der Waals surface area (Å²) in [6, 6.07) is 12.0. The summed E-state index contributed by atoms with van der Waals surface area (Å²) in [6.45, 7) is 0.457. The van der Waals surface area contributed by atoms with E-state index in [0.29, 0.717) is 21.9 Å². The number of nitrogens with zero attached hydrogens (tertiary/aromatic N) is 1. The molecule has 164 valence electrons. The minimum absolute atomic E-state index is 0.0671. The maximum atomic E-state index is 13.3. The zero-order chi connectivity index (χ0) is 22.2. The predicted molar refractivity (Wildman–Crippen MR) is 117 cm³/mol. The van der Waals surface area contributed by atoms with Crippen LogP contribution in [0.2, 0.25) is 0 Å². The van der Waals surface area contributed by atoms with E-state index in [9.17, 15) is 13.2 Å². The second-order valence-corrected chi connectivity index (χ2v) is 9.93. The van der Waals surface area contributed by atoms with E-state index in [1.807, 2.05) is 24.3 Å². The first-order chi connectivity index (χ1) is 14.9. The Balaban J connectivity index is 1.70. The van der Waals surface area contributed by atoms with Gasteiger partial charge in [0.25, 0.3) is 5.91 Å². The lowest BCUT2D eigenvalue weighted by Gasteiger charge is -2.32. The van der Waals surface area contributed by atoms with Gasteiger partial charge in [-0.25, -0.2) is 8.42 Å². The Labute approximate surface area is 184 Å². The SMILES string of the molecule is COc1ccc(S(=O)(=O)N2CCO[C@H](c3c(C(N)=O)sc4ccccc34)C2)cc1OC. The van der Waals surface area contributed by atoms with Gasteiger partial charge in [-0.15, -0.1) is 11.3 Å². The highest BCUT2D eigenvalue weighted by Crippen LogP contribution is 2.39. The maximum Gasteiger partial charge on any atom is 0.259 e. The molecule has 0 radical (unpaired) electrons. The molecule has 0 spiro atoms. The molecule has 10 heteroatoms. The minimum Gasteiger partial charge on any atom is -0.493 e. The normalized spacial score (nSPS) is 17.5. The van der Waals surface area contributed by atoms with Gasteiger partial charge in [-0.2, -0.15) is 4.31 Å². The Morgan fingerprint density at radius 3 is 2.61 bits per heavy atom. The second kappa shape index (κ2) is 8.46. The fourth-order valence-corrected chi connectivity index (χ4v) is 6.26. The van der Waals surface area contributed by atoms with Crippen molar-refractivity contribution in [3.05, 3.63) is 52.9 Å². The van der Waals surface area contributed by atoms with E-state index in [4.69, 9.17) is 19.9 Å². The van der Waals surface area contributed by atoms with Crippen LogP contribution in [0, 0.1) is 0 Å². The molecule has 2 N–H and O–H groups in total. The summed E-state index contributed by atoms with van der Waals surface area (Å²) < 4.78 is 45.3.